The molecule has 0 aliphatic rings. The van der Waals surface area contributed by atoms with E-state index in [1.807, 2.05) is 13.8 Å². The summed E-state index contributed by atoms with van der Waals surface area (Å²) >= 11 is 5.13. The van der Waals surface area contributed by atoms with Gasteiger partial charge in [-0.25, -0.2) is 0 Å². The molecule has 0 saturated heterocycles. The van der Waals surface area contributed by atoms with Crippen LogP contribution in [-0.4, -0.2) is 25.0 Å². The number of phenols is 2. The molecule has 0 fully saturated rings. The highest BCUT2D eigenvalue weighted by Gasteiger charge is 2.14. The highest BCUT2D eigenvalue weighted by Crippen LogP contribution is 2.31. The second-order valence-electron chi connectivity index (χ2n) is 4.02. The fraction of sp³-hybridized carbons (Fsp3) is 0.273. The highest BCUT2D eigenvalue weighted by atomic mass is 32.1. The third-order valence-electron chi connectivity index (χ3n) is 2.44. The lowest BCUT2D eigenvalue weighted by molar-refractivity contribution is 0.451. The largest absolute Gasteiger partial charge is 0.508 e. The maximum atomic E-state index is 9.80. The standard InChI is InChI=1S/C11H13N3O2S/c1-6(2)14-10(12-13-11(14)17)8-4-3-7(15)5-9(8)16/h3-6,15-16H,1-2H3,(H,13,17). The summed E-state index contributed by atoms with van der Waals surface area (Å²) in [7, 11) is 0. The van der Waals surface area contributed by atoms with Gasteiger partial charge in [-0.2, -0.15) is 5.10 Å². The van der Waals surface area contributed by atoms with Gasteiger partial charge in [-0.1, -0.05) is 0 Å². The Kier molecular flexibility index (Phi) is 2.89. The van der Waals surface area contributed by atoms with Gasteiger partial charge in [-0.15, -0.1) is 0 Å². The summed E-state index contributed by atoms with van der Waals surface area (Å²) in [5, 5.41) is 25.9. The Balaban J connectivity index is 2.65. The Morgan fingerprint density at radius 3 is 2.65 bits per heavy atom. The second-order valence-corrected chi connectivity index (χ2v) is 4.40. The van der Waals surface area contributed by atoms with Crippen molar-refractivity contribution in [3.8, 4) is 22.9 Å². The van der Waals surface area contributed by atoms with Gasteiger partial charge in [-0.3, -0.25) is 9.67 Å². The molecule has 0 atom stereocenters. The summed E-state index contributed by atoms with van der Waals surface area (Å²) in [6, 6.07) is 4.51. The van der Waals surface area contributed by atoms with E-state index in [0.29, 0.717) is 16.2 Å². The van der Waals surface area contributed by atoms with Crippen molar-refractivity contribution in [3.63, 3.8) is 0 Å². The van der Waals surface area contributed by atoms with Crippen LogP contribution in [0.1, 0.15) is 19.9 Å². The van der Waals surface area contributed by atoms with E-state index in [0.717, 1.165) is 0 Å². The summed E-state index contributed by atoms with van der Waals surface area (Å²) < 4.78 is 2.31. The van der Waals surface area contributed by atoms with Crippen molar-refractivity contribution in [3.05, 3.63) is 23.0 Å². The van der Waals surface area contributed by atoms with Crippen LogP contribution in [0, 0.1) is 4.77 Å². The molecule has 2 rings (SSSR count). The van der Waals surface area contributed by atoms with Crippen LogP contribution in [0.4, 0.5) is 0 Å². The van der Waals surface area contributed by atoms with Gasteiger partial charge in [-0.05, 0) is 38.2 Å². The van der Waals surface area contributed by atoms with Crippen molar-refractivity contribution < 1.29 is 10.2 Å². The van der Waals surface area contributed by atoms with E-state index < -0.39 is 0 Å². The molecule has 17 heavy (non-hydrogen) atoms. The predicted octanol–water partition coefficient (Wildman–Crippen LogP) is 2.60. The van der Waals surface area contributed by atoms with Crippen molar-refractivity contribution in [2.75, 3.05) is 0 Å². The molecule has 3 N–H and O–H groups in total. The Morgan fingerprint density at radius 1 is 1.35 bits per heavy atom. The van der Waals surface area contributed by atoms with Gasteiger partial charge < -0.3 is 10.2 Å². The Morgan fingerprint density at radius 2 is 2.06 bits per heavy atom. The molecule has 0 radical (unpaired) electrons. The predicted molar refractivity (Wildman–Crippen MR) is 66.6 cm³/mol. The van der Waals surface area contributed by atoms with E-state index in [-0.39, 0.29) is 17.5 Å². The summed E-state index contributed by atoms with van der Waals surface area (Å²) in [4.78, 5) is 0. The van der Waals surface area contributed by atoms with Crippen LogP contribution in [0.25, 0.3) is 11.4 Å². The molecule has 5 nitrogen and oxygen atoms in total. The van der Waals surface area contributed by atoms with Gasteiger partial charge in [0.25, 0.3) is 0 Å². The zero-order chi connectivity index (χ0) is 12.6. The lowest BCUT2D eigenvalue weighted by Gasteiger charge is -2.11. The maximum Gasteiger partial charge on any atom is 0.195 e. The molecule has 0 bridgehead atoms. The average molecular weight is 251 g/mol. The zero-order valence-corrected chi connectivity index (χ0v) is 10.3. The SMILES string of the molecule is CC(C)n1c(-c2ccc(O)cc2O)n[nH]c1=S. The molecule has 0 unspecified atom stereocenters. The molecule has 0 amide bonds. The molecule has 2 aromatic rings. The highest BCUT2D eigenvalue weighted by molar-refractivity contribution is 7.71. The van der Waals surface area contributed by atoms with E-state index >= 15 is 0 Å². The van der Waals surface area contributed by atoms with Crippen LogP contribution in [0.2, 0.25) is 0 Å². The van der Waals surface area contributed by atoms with Crippen molar-refractivity contribution in [2.24, 2.45) is 0 Å². The smallest absolute Gasteiger partial charge is 0.195 e. The quantitative estimate of drug-likeness (QED) is 0.717. The van der Waals surface area contributed by atoms with Crippen LogP contribution in [-0.2, 0) is 0 Å². The van der Waals surface area contributed by atoms with E-state index in [9.17, 15) is 10.2 Å². The Labute approximate surface area is 103 Å². The van der Waals surface area contributed by atoms with Gasteiger partial charge in [0, 0.05) is 12.1 Å². The van der Waals surface area contributed by atoms with Crippen molar-refractivity contribution in [2.45, 2.75) is 19.9 Å². The summed E-state index contributed by atoms with van der Waals surface area (Å²) in [5.74, 6) is 0.542. The third-order valence-corrected chi connectivity index (χ3v) is 2.73. The van der Waals surface area contributed by atoms with Gasteiger partial charge in [0.15, 0.2) is 10.6 Å². The number of aromatic amines is 1. The van der Waals surface area contributed by atoms with E-state index in [1.165, 1.54) is 12.1 Å². The number of aromatic nitrogens is 3. The van der Waals surface area contributed by atoms with Crippen LogP contribution in [0.5, 0.6) is 11.5 Å². The first kappa shape index (κ1) is 11.7. The molecule has 1 aromatic heterocycles. The second kappa shape index (κ2) is 4.21. The molecule has 1 heterocycles. The number of nitrogens with one attached hydrogen (secondary N) is 1. The molecule has 0 aliphatic heterocycles. The van der Waals surface area contributed by atoms with Crippen LogP contribution in [0.3, 0.4) is 0 Å². The Hall–Kier alpha value is -1.82. The van der Waals surface area contributed by atoms with Crippen LogP contribution in [0.15, 0.2) is 18.2 Å². The first-order valence-corrected chi connectivity index (χ1v) is 5.60. The lowest BCUT2D eigenvalue weighted by Crippen LogP contribution is -2.03. The molecule has 0 saturated carbocycles. The summed E-state index contributed by atoms with van der Waals surface area (Å²) in [5.41, 5.74) is 0.531. The van der Waals surface area contributed by atoms with Gasteiger partial charge in [0.1, 0.15) is 11.5 Å². The Bertz CT molecular complexity index is 601. The molecule has 0 aliphatic carbocycles. The summed E-state index contributed by atoms with van der Waals surface area (Å²) in [6.45, 7) is 3.96. The minimum absolute atomic E-state index is 0.0106. The van der Waals surface area contributed by atoms with E-state index in [4.69, 9.17) is 12.2 Å². The first-order valence-electron chi connectivity index (χ1n) is 5.20. The third kappa shape index (κ3) is 2.03. The number of hydrogen-bond donors (Lipinski definition) is 3. The molecular formula is C11H13N3O2S. The minimum Gasteiger partial charge on any atom is -0.508 e. The summed E-state index contributed by atoms with van der Waals surface area (Å²) in [6.07, 6.45) is 0. The number of H-pyrrole nitrogens is 1. The van der Waals surface area contributed by atoms with Crippen molar-refractivity contribution in [1.82, 2.24) is 14.8 Å². The van der Waals surface area contributed by atoms with Crippen LogP contribution < -0.4 is 0 Å². The maximum absolute atomic E-state index is 9.80. The van der Waals surface area contributed by atoms with Gasteiger partial charge in [0.05, 0.1) is 5.56 Å². The first-order chi connectivity index (χ1) is 8.00. The molecule has 1 aromatic carbocycles. The number of rotatable bonds is 2. The number of phenolic OH excluding ortho intramolecular Hbond substituents is 2. The molecule has 90 valence electrons. The number of hydrogen-bond acceptors (Lipinski definition) is 4. The molecule has 6 heteroatoms. The number of nitrogens with zero attached hydrogens (tertiary/aromatic N) is 2. The molecule has 0 spiro atoms. The van der Waals surface area contributed by atoms with Crippen molar-refractivity contribution >= 4 is 12.2 Å². The zero-order valence-electron chi connectivity index (χ0n) is 9.51. The monoisotopic (exact) mass is 251 g/mol. The normalized spacial score (nSPS) is 11.0. The van der Waals surface area contributed by atoms with E-state index in [2.05, 4.69) is 10.2 Å². The number of benzene rings is 1. The van der Waals surface area contributed by atoms with Gasteiger partial charge >= 0.3 is 0 Å². The topological polar surface area (TPSA) is 74.1 Å². The number of aromatic hydroxyl groups is 2. The average Bonchev–Trinajstić information content (AvgIpc) is 2.60. The van der Waals surface area contributed by atoms with Crippen LogP contribution >= 0.6 is 12.2 Å². The van der Waals surface area contributed by atoms with Gasteiger partial charge in [0.2, 0.25) is 0 Å². The fourth-order valence-electron chi connectivity index (χ4n) is 1.68. The van der Waals surface area contributed by atoms with Crippen molar-refractivity contribution in [1.29, 1.82) is 0 Å². The fourth-order valence-corrected chi connectivity index (χ4v) is 2.03. The van der Waals surface area contributed by atoms with E-state index in [1.54, 1.807) is 10.6 Å². The minimum atomic E-state index is -0.0269. The molecular weight excluding hydrogens is 238 g/mol. The lowest BCUT2D eigenvalue weighted by atomic mass is 10.1.